The van der Waals surface area contributed by atoms with Gasteiger partial charge in [-0.15, -0.1) is 0 Å². The molecule has 52 heavy (non-hydrogen) atoms. The molecule has 4 aliphatic carbocycles. The first-order valence-electron chi connectivity index (χ1n) is 19.9. The number of aliphatic hydroxyl groups excluding tert-OH is 1. The lowest BCUT2D eigenvalue weighted by atomic mass is 9.73. The van der Waals surface area contributed by atoms with Gasteiger partial charge in [0.1, 0.15) is 11.8 Å². The average Bonchev–Trinajstić information content (AvgIpc) is 3.28. The van der Waals surface area contributed by atoms with Crippen LogP contribution >= 0.6 is 0 Å². The number of nitrogens with zero attached hydrogens (tertiary/aromatic N) is 3. The molecule has 11 heteroatoms. The van der Waals surface area contributed by atoms with Crippen LogP contribution < -0.4 is 11.1 Å². The lowest BCUT2D eigenvalue weighted by Crippen LogP contribution is -2.51. The summed E-state index contributed by atoms with van der Waals surface area (Å²) in [4.78, 5) is 79.5. The molecule has 0 bridgehead atoms. The van der Waals surface area contributed by atoms with E-state index in [0.717, 1.165) is 70.6 Å². The average molecular weight is 720 g/mol. The molecule has 0 radical (unpaired) electrons. The second-order valence-electron chi connectivity index (χ2n) is 18.7. The van der Waals surface area contributed by atoms with Gasteiger partial charge in [-0.05, 0) is 66.6 Å². The minimum Gasteiger partial charge on any atom is -0.383 e. The largest absolute Gasteiger partial charge is 0.383 e. The third-order valence-electron chi connectivity index (χ3n) is 14.8. The summed E-state index contributed by atoms with van der Waals surface area (Å²) in [7, 11) is 0. The van der Waals surface area contributed by atoms with Crippen LogP contribution in [0, 0.1) is 45.3 Å². The van der Waals surface area contributed by atoms with Gasteiger partial charge < -0.3 is 21.1 Å². The molecule has 286 valence electrons. The molecule has 1 aromatic heterocycles. The predicted molar refractivity (Wildman–Crippen MR) is 195 cm³/mol. The van der Waals surface area contributed by atoms with Crippen LogP contribution in [0.4, 0.5) is 0 Å². The van der Waals surface area contributed by atoms with E-state index < -0.39 is 47.3 Å². The third-order valence-corrected chi connectivity index (χ3v) is 14.8. The molecule has 4 saturated carbocycles. The lowest BCUT2D eigenvalue weighted by Gasteiger charge is -2.37. The molecule has 0 aromatic carbocycles. The van der Waals surface area contributed by atoms with Crippen molar-refractivity contribution < 1.29 is 29.1 Å². The first-order chi connectivity index (χ1) is 24.5. The molecular formula is C41H61N5O6. The highest BCUT2D eigenvalue weighted by molar-refractivity contribution is 5.98. The van der Waals surface area contributed by atoms with Crippen LogP contribution in [0.1, 0.15) is 141 Å². The van der Waals surface area contributed by atoms with E-state index in [-0.39, 0.29) is 58.2 Å². The number of carbonyl (C=O) groups is 5. The number of hydrogen-bond donors (Lipinski definition) is 3. The van der Waals surface area contributed by atoms with Crippen molar-refractivity contribution in [3.63, 3.8) is 0 Å². The van der Waals surface area contributed by atoms with Crippen LogP contribution in [0.2, 0.25) is 0 Å². The van der Waals surface area contributed by atoms with Gasteiger partial charge in [-0.25, -0.2) is 4.98 Å². The van der Waals surface area contributed by atoms with E-state index in [2.05, 4.69) is 29.1 Å². The number of fused-ring (bicyclic) bond motifs is 1. The van der Waals surface area contributed by atoms with Crippen molar-refractivity contribution in [3.05, 3.63) is 24.3 Å². The molecule has 5 fully saturated rings. The molecule has 1 aliphatic heterocycles. The van der Waals surface area contributed by atoms with Crippen LogP contribution in [0.15, 0.2) is 18.6 Å². The highest BCUT2D eigenvalue weighted by atomic mass is 16.3. The van der Waals surface area contributed by atoms with E-state index in [9.17, 15) is 24.3 Å². The smallest absolute Gasteiger partial charge is 0.272 e. The summed E-state index contributed by atoms with van der Waals surface area (Å²) in [6.07, 6.45) is 15.0. The molecular weight excluding hydrogens is 658 g/mol. The third kappa shape index (κ3) is 6.84. The zero-order valence-corrected chi connectivity index (χ0v) is 32.0. The molecule has 2 spiro atoms. The Morgan fingerprint density at radius 1 is 0.962 bits per heavy atom. The molecule has 6 atom stereocenters. The van der Waals surface area contributed by atoms with Crippen LogP contribution in [0.3, 0.4) is 0 Å². The summed E-state index contributed by atoms with van der Waals surface area (Å²) >= 11 is 0. The summed E-state index contributed by atoms with van der Waals surface area (Å²) < 4.78 is 0. The number of hydrogen-bond acceptors (Lipinski definition) is 8. The number of amides is 3. The first kappa shape index (κ1) is 38.5. The van der Waals surface area contributed by atoms with Gasteiger partial charge in [-0.2, -0.15) is 0 Å². The SMILES string of the molecule is CC(C)(C)[C@H](CC(=O)[C@@H](NC(=O)c1cnccn1)C1CCCCC1)C(=O)N1C[C@]2(C[C@H]1C(=O)CC(CC1CCC1)C(O)C(N)=O)C(C)(C)C21CCC1. The van der Waals surface area contributed by atoms with Crippen molar-refractivity contribution in [2.24, 2.45) is 51.1 Å². The molecule has 4 N–H and O–H groups in total. The number of Topliss-reactive ketones (excluding diaryl/α,β-unsaturated/α-hetero) is 2. The zero-order valence-electron chi connectivity index (χ0n) is 32.0. The number of primary amides is 1. The highest BCUT2D eigenvalue weighted by Gasteiger charge is 2.85. The summed E-state index contributed by atoms with van der Waals surface area (Å²) in [5.74, 6) is -2.83. The standard InChI is InChI=1S/C41H61N5O6/c1-38(2,3)28(21-32(48)33(26-13-7-6-8-14-26)45-36(51)29-23-43-17-18-44-29)37(52)46-24-41(39(4,5)40(41)15-10-16-40)22-30(46)31(47)20-27(34(49)35(42)50)19-25-11-9-12-25/h17-18,23,25-28,30,33-34,49H,6-16,19-22,24H2,1-5H3,(H2,42,50)(H,45,51)/t27?,28-,30+,33+,34?,41-/m1/s1. The Hall–Kier alpha value is -3.21. The number of ketones is 2. The van der Waals surface area contributed by atoms with E-state index in [1.54, 1.807) is 4.90 Å². The molecule has 6 rings (SSSR count). The van der Waals surface area contributed by atoms with E-state index in [0.29, 0.717) is 25.3 Å². The monoisotopic (exact) mass is 719 g/mol. The Bertz CT molecular complexity index is 1530. The van der Waals surface area contributed by atoms with Gasteiger partial charge in [0, 0.05) is 49.0 Å². The minimum atomic E-state index is -1.42. The molecule has 2 heterocycles. The van der Waals surface area contributed by atoms with Crippen molar-refractivity contribution >= 4 is 29.3 Å². The van der Waals surface area contributed by atoms with Crippen molar-refractivity contribution in [3.8, 4) is 0 Å². The maximum Gasteiger partial charge on any atom is 0.272 e. The van der Waals surface area contributed by atoms with Crippen LogP contribution in [0.5, 0.6) is 0 Å². The molecule has 1 aromatic rings. The Morgan fingerprint density at radius 3 is 2.17 bits per heavy atom. The van der Waals surface area contributed by atoms with Crippen molar-refractivity contribution in [1.29, 1.82) is 0 Å². The number of carbonyl (C=O) groups excluding carboxylic acids is 5. The second kappa shape index (κ2) is 14.6. The lowest BCUT2D eigenvalue weighted by molar-refractivity contribution is -0.147. The summed E-state index contributed by atoms with van der Waals surface area (Å²) in [5, 5.41) is 13.8. The summed E-state index contributed by atoms with van der Waals surface area (Å²) in [6, 6.07) is -1.47. The number of aromatic nitrogens is 2. The summed E-state index contributed by atoms with van der Waals surface area (Å²) in [5.41, 5.74) is 4.91. The first-order valence-corrected chi connectivity index (χ1v) is 19.9. The Kier molecular flexibility index (Phi) is 10.8. The zero-order chi connectivity index (χ0) is 37.6. The molecule has 11 nitrogen and oxygen atoms in total. The van der Waals surface area contributed by atoms with Gasteiger partial charge >= 0.3 is 0 Å². The Morgan fingerprint density at radius 2 is 1.65 bits per heavy atom. The van der Waals surface area contributed by atoms with E-state index >= 15 is 4.79 Å². The fourth-order valence-corrected chi connectivity index (χ4v) is 11.1. The van der Waals surface area contributed by atoms with Gasteiger partial charge in [0.05, 0.1) is 18.3 Å². The molecule has 2 unspecified atom stereocenters. The van der Waals surface area contributed by atoms with Crippen molar-refractivity contribution in [2.45, 2.75) is 149 Å². The second-order valence-corrected chi connectivity index (χ2v) is 18.7. The minimum absolute atomic E-state index is 0.0180. The van der Waals surface area contributed by atoms with Gasteiger partial charge in [-0.1, -0.05) is 79.6 Å². The molecule has 3 amide bonds. The quantitative estimate of drug-likeness (QED) is 0.236. The van der Waals surface area contributed by atoms with Gasteiger partial charge in [0.15, 0.2) is 11.6 Å². The van der Waals surface area contributed by atoms with Crippen LogP contribution in [-0.2, 0) is 19.2 Å². The number of nitrogens with one attached hydrogen (secondary N) is 1. The van der Waals surface area contributed by atoms with Gasteiger partial charge in [0.25, 0.3) is 5.91 Å². The maximum absolute atomic E-state index is 15.1. The fraction of sp³-hybridized carbons (Fsp3) is 0.780. The van der Waals surface area contributed by atoms with E-state index in [4.69, 9.17) is 5.73 Å². The highest BCUT2D eigenvalue weighted by Crippen LogP contribution is 2.88. The normalized spacial score (nSPS) is 27.6. The predicted octanol–water partition coefficient (Wildman–Crippen LogP) is 5.19. The summed E-state index contributed by atoms with van der Waals surface area (Å²) in [6.45, 7) is 10.9. The number of likely N-dealkylation sites (tertiary alicyclic amines) is 1. The van der Waals surface area contributed by atoms with Crippen LogP contribution in [0.25, 0.3) is 0 Å². The van der Waals surface area contributed by atoms with E-state index in [1.165, 1.54) is 18.6 Å². The Balaban J connectivity index is 1.27. The fourth-order valence-electron chi connectivity index (χ4n) is 11.1. The van der Waals surface area contributed by atoms with Gasteiger partial charge in [0.2, 0.25) is 11.8 Å². The Labute approximate surface area is 309 Å². The maximum atomic E-state index is 15.1. The van der Waals surface area contributed by atoms with Crippen molar-refractivity contribution in [2.75, 3.05) is 6.54 Å². The number of nitrogens with two attached hydrogens (primary N) is 1. The number of rotatable bonds is 14. The van der Waals surface area contributed by atoms with E-state index in [1.807, 2.05) is 20.8 Å². The van der Waals surface area contributed by atoms with Crippen molar-refractivity contribution in [1.82, 2.24) is 20.2 Å². The molecule has 5 aliphatic rings. The number of aliphatic hydroxyl groups is 1. The van der Waals surface area contributed by atoms with Crippen LogP contribution in [-0.4, -0.2) is 74.0 Å². The topological polar surface area (TPSA) is 173 Å². The van der Waals surface area contributed by atoms with Gasteiger partial charge in [-0.3, -0.25) is 29.0 Å². The molecule has 1 saturated heterocycles.